The molecule has 0 fully saturated rings. The average molecular weight is 280 g/mol. The topological polar surface area (TPSA) is 15.3 Å². The van der Waals surface area contributed by atoms with Gasteiger partial charge in [0, 0.05) is 25.2 Å². The van der Waals surface area contributed by atoms with E-state index in [1.807, 2.05) is 13.1 Å². The van der Waals surface area contributed by atoms with E-state index in [4.69, 9.17) is 0 Å². The Labute approximate surface area is 123 Å². The number of hydrogen-bond donors (Lipinski definition) is 1. The second kappa shape index (κ2) is 6.57. The largest absolute Gasteiger partial charge is 0.369 e. The van der Waals surface area contributed by atoms with Crippen LogP contribution >= 0.6 is 0 Å². The molecular formula is C17H29FN2. The van der Waals surface area contributed by atoms with Crippen molar-refractivity contribution in [1.29, 1.82) is 0 Å². The van der Waals surface area contributed by atoms with E-state index >= 15 is 0 Å². The van der Waals surface area contributed by atoms with Crippen LogP contribution in [0.2, 0.25) is 0 Å². The lowest BCUT2D eigenvalue weighted by molar-refractivity contribution is 0.422. The van der Waals surface area contributed by atoms with Crippen LogP contribution in [0.3, 0.4) is 0 Å². The molecule has 1 N–H and O–H groups in total. The molecule has 1 rings (SSSR count). The Morgan fingerprint density at radius 3 is 2.30 bits per heavy atom. The standard InChI is InChI=1S/C17H29FN2/c1-12(2)13(3)20(7)16-14(9-8-10-15(16)18)11-19-17(4,5)6/h8-10,12-13,19H,11H2,1-7H3. The maximum atomic E-state index is 14.3. The van der Waals surface area contributed by atoms with Gasteiger partial charge < -0.3 is 10.2 Å². The number of rotatable bonds is 5. The van der Waals surface area contributed by atoms with Crippen molar-refractivity contribution in [3.8, 4) is 0 Å². The molecule has 3 heteroatoms. The Bertz CT molecular complexity index is 435. The zero-order valence-electron chi connectivity index (χ0n) is 13.9. The van der Waals surface area contributed by atoms with E-state index in [0.717, 1.165) is 5.56 Å². The van der Waals surface area contributed by atoms with E-state index in [2.05, 4.69) is 51.8 Å². The van der Waals surface area contributed by atoms with Gasteiger partial charge in [0.2, 0.25) is 0 Å². The Hall–Kier alpha value is -1.09. The van der Waals surface area contributed by atoms with E-state index < -0.39 is 0 Å². The summed E-state index contributed by atoms with van der Waals surface area (Å²) in [6, 6.07) is 5.62. The summed E-state index contributed by atoms with van der Waals surface area (Å²) in [5.74, 6) is 0.330. The number of benzene rings is 1. The van der Waals surface area contributed by atoms with Crippen LogP contribution < -0.4 is 10.2 Å². The van der Waals surface area contributed by atoms with Crippen LogP contribution in [0.4, 0.5) is 10.1 Å². The molecule has 1 aromatic carbocycles. The monoisotopic (exact) mass is 280 g/mol. The fourth-order valence-electron chi connectivity index (χ4n) is 2.11. The van der Waals surface area contributed by atoms with Gasteiger partial charge in [-0.25, -0.2) is 4.39 Å². The van der Waals surface area contributed by atoms with Crippen molar-refractivity contribution in [3.05, 3.63) is 29.6 Å². The molecule has 0 radical (unpaired) electrons. The highest BCUT2D eigenvalue weighted by Crippen LogP contribution is 2.27. The minimum atomic E-state index is -0.145. The van der Waals surface area contributed by atoms with E-state index in [-0.39, 0.29) is 11.4 Å². The summed E-state index contributed by atoms with van der Waals surface area (Å²) in [6.45, 7) is 13.5. The summed E-state index contributed by atoms with van der Waals surface area (Å²) in [4.78, 5) is 2.06. The predicted molar refractivity (Wildman–Crippen MR) is 85.7 cm³/mol. The SMILES string of the molecule is CC(C)C(C)N(C)c1c(F)cccc1CNC(C)(C)C. The molecule has 2 nitrogen and oxygen atoms in total. The third kappa shape index (κ3) is 4.48. The number of anilines is 1. The molecule has 0 saturated heterocycles. The van der Waals surface area contributed by atoms with Gasteiger partial charge in [0.1, 0.15) is 5.82 Å². The first-order valence-electron chi connectivity index (χ1n) is 7.38. The number of halogens is 1. The van der Waals surface area contributed by atoms with Crippen molar-refractivity contribution in [2.24, 2.45) is 5.92 Å². The number of para-hydroxylation sites is 1. The summed E-state index contributed by atoms with van der Waals surface area (Å²) in [7, 11) is 1.98. The van der Waals surface area contributed by atoms with Crippen LogP contribution in [-0.4, -0.2) is 18.6 Å². The van der Waals surface area contributed by atoms with Crippen molar-refractivity contribution < 1.29 is 4.39 Å². The fraction of sp³-hybridized carbons (Fsp3) is 0.647. The lowest BCUT2D eigenvalue weighted by atomic mass is 10.0. The molecule has 0 spiro atoms. The zero-order valence-corrected chi connectivity index (χ0v) is 13.9. The smallest absolute Gasteiger partial charge is 0.146 e. The van der Waals surface area contributed by atoms with Gasteiger partial charge in [-0.15, -0.1) is 0 Å². The second-order valence-corrected chi connectivity index (χ2v) is 6.95. The molecule has 0 heterocycles. The normalized spacial score (nSPS) is 13.7. The van der Waals surface area contributed by atoms with Gasteiger partial charge >= 0.3 is 0 Å². The molecule has 0 amide bonds. The summed E-state index contributed by atoms with van der Waals surface area (Å²) in [6.07, 6.45) is 0. The minimum Gasteiger partial charge on any atom is -0.369 e. The van der Waals surface area contributed by atoms with Gasteiger partial charge in [-0.1, -0.05) is 26.0 Å². The van der Waals surface area contributed by atoms with Crippen LogP contribution in [0.5, 0.6) is 0 Å². The molecule has 0 bridgehead atoms. The van der Waals surface area contributed by atoms with Crippen LogP contribution in [0, 0.1) is 11.7 Å². The number of hydrogen-bond acceptors (Lipinski definition) is 2. The molecule has 0 aliphatic heterocycles. The Kier molecular flexibility index (Phi) is 5.58. The highest BCUT2D eigenvalue weighted by Gasteiger charge is 2.20. The quantitative estimate of drug-likeness (QED) is 0.870. The van der Waals surface area contributed by atoms with Crippen molar-refractivity contribution in [3.63, 3.8) is 0 Å². The molecule has 20 heavy (non-hydrogen) atoms. The average Bonchev–Trinajstić information content (AvgIpc) is 2.33. The molecule has 114 valence electrons. The summed E-state index contributed by atoms with van der Waals surface area (Å²) in [5, 5.41) is 3.44. The first-order chi connectivity index (χ1) is 9.13. The molecule has 0 aliphatic carbocycles. The van der Waals surface area contributed by atoms with Crippen molar-refractivity contribution in [2.75, 3.05) is 11.9 Å². The van der Waals surface area contributed by atoms with E-state index in [9.17, 15) is 4.39 Å². The lowest BCUT2D eigenvalue weighted by Crippen LogP contribution is -2.37. The maximum Gasteiger partial charge on any atom is 0.146 e. The molecule has 1 atom stereocenters. The van der Waals surface area contributed by atoms with Crippen molar-refractivity contribution in [2.45, 2.75) is 59.7 Å². The molecule has 1 aromatic rings. The van der Waals surface area contributed by atoms with Crippen LogP contribution in [-0.2, 0) is 6.54 Å². The van der Waals surface area contributed by atoms with Crippen molar-refractivity contribution in [1.82, 2.24) is 5.32 Å². The zero-order chi connectivity index (χ0) is 15.5. The summed E-state index contributed by atoms with van der Waals surface area (Å²) < 4.78 is 14.3. The molecule has 1 unspecified atom stereocenters. The molecule has 0 aliphatic rings. The number of nitrogens with zero attached hydrogens (tertiary/aromatic N) is 1. The third-order valence-electron chi connectivity index (χ3n) is 3.81. The van der Waals surface area contributed by atoms with Gasteiger partial charge in [-0.3, -0.25) is 0 Å². The second-order valence-electron chi connectivity index (χ2n) is 6.95. The molecule has 0 saturated carbocycles. The molecular weight excluding hydrogens is 251 g/mol. The predicted octanol–water partition coefficient (Wildman–Crippen LogP) is 4.19. The highest BCUT2D eigenvalue weighted by molar-refractivity contribution is 5.55. The Balaban J connectivity index is 3.05. The van der Waals surface area contributed by atoms with Gasteiger partial charge in [0.25, 0.3) is 0 Å². The van der Waals surface area contributed by atoms with E-state index in [1.54, 1.807) is 12.1 Å². The fourth-order valence-corrected chi connectivity index (χ4v) is 2.11. The third-order valence-corrected chi connectivity index (χ3v) is 3.81. The van der Waals surface area contributed by atoms with Crippen LogP contribution in [0.25, 0.3) is 0 Å². The van der Waals surface area contributed by atoms with Crippen LogP contribution in [0.15, 0.2) is 18.2 Å². The Morgan fingerprint density at radius 2 is 1.80 bits per heavy atom. The first-order valence-corrected chi connectivity index (χ1v) is 7.38. The van der Waals surface area contributed by atoms with Gasteiger partial charge in [-0.05, 0) is 45.2 Å². The molecule has 0 aromatic heterocycles. The Morgan fingerprint density at radius 1 is 1.20 bits per heavy atom. The van der Waals surface area contributed by atoms with E-state index in [0.29, 0.717) is 24.2 Å². The first kappa shape index (κ1) is 17.0. The van der Waals surface area contributed by atoms with Crippen LogP contribution in [0.1, 0.15) is 47.1 Å². The number of nitrogens with one attached hydrogen (secondary N) is 1. The summed E-state index contributed by atoms with van der Waals surface area (Å²) >= 11 is 0. The maximum absolute atomic E-state index is 14.3. The summed E-state index contributed by atoms with van der Waals surface area (Å²) in [5.41, 5.74) is 1.74. The lowest BCUT2D eigenvalue weighted by Gasteiger charge is -2.32. The minimum absolute atomic E-state index is 0.0197. The highest BCUT2D eigenvalue weighted by atomic mass is 19.1. The van der Waals surface area contributed by atoms with Gasteiger partial charge in [0.05, 0.1) is 5.69 Å². The van der Waals surface area contributed by atoms with Gasteiger partial charge in [-0.2, -0.15) is 0 Å². The van der Waals surface area contributed by atoms with Crippen molar-refractivity contribution >= 4 is 5.69 Å². The van der Waals surface area contributed by atoms with Gasteiger partial charge in [0.15, 0.2) is 0 Å². The van der Waals surface area contributed by atoms with E-state index in [1.165, 1.54) is 0 Å².